The second kappa shape index (κ2) is 8.15. The molecule has 0 N–H and O–H groups in total. The van der Waals surface area contributed by atoms with Crippen LogP contribution in [-0.4, -0.2) is 12.6 Å². The van der Waals surface area contributed by atoms with Crippen LogP contribution in [-0.2, 0) is 16.1 Å². The second-order valence-electron chi connectivity index (χ2n) is 6.27. The number of fused-ring (bicyclic) bond motifs is 3. The zero-order chi connectivity index (χ0) is 20.4. The summed E-state index contributed by atoms with van der Waals surface area (Å²) >= 11 is 11.9. The summed E-state index contributed by atoms with van der Waals surface area (Å²) in [5.74, 6) is -0.275. The van der Waals surface area contributed by atoms with Crippen molar-refractivity contribution in [3.8, 4) is 5.75 Å². The van der Waals surface area contributed by atoms with E-state index in [1.165, 1.54) is 12.1 Å². The lowest BCUT2D eigenvalue weighted by Crippen LogP contribution is -2.15. The Morgan fingerprint density at radius 1 is 1.00 bits per heavy atom. The zero-order valence-electron chi connectivity index (χ0n) is 15.0. The van der Waals surface area contributed by atoms with Crippen LogP contribution in [0.25, 0.3) is 21.7 Å². The SMILES string of the molecule is O=C(COc1ccc(Cl)cc1Cl)OCc1cc(=O)oc2ccc3ccccc3c12. The second-order valence-corrected chi connectivity index (χ2v) is 7.12. The standard InChI is InChI=1S/C22H14Cl2O5/c23-15-6-8-18(17(24)10-15)27-12-21(26)28-11-14-9-20(25)29-19-7-5-13-3-1-2-4-16(13)22(14)19/h1-10H,11-12H2. The fourth-order valence-electron chi connectivity index (χ4n) is 3.06. The molecule has 0 atom stereocenters. The van der Waals surface area contributed by atoms with Crippen LogP contribution in [0.1, 0.15) is 5.56 Å². The van der Waals surface area contributed by atoms with E-state index in [0.717, 1.165) is 16.2 Å². The van der Waals surface area contributed by atoms with Crippen molar-refractivity contribution in [1.29, 1.82) is 0 Å². The van der Waals surface area contributed by atoms with E-state index in [1.807, 2.05) is 30.3 Å². The van der Waals surface area contributed by atoms with Crippen molar-refractivity contribution in [3.63, 3.8) is 0 Å². The van der Waals surface area contributed by atoms with Gasteiger partial charge in [0.2, 0.25) is 0 Å². The first-order valence-electron chi connectivity index (χ1n) is 8.69. The van der Waals surface area contributed by atoms with E-state index in [0.29, 0.717) is 26.9 Å². The van der Waals surface area contributed by atoms with E-state index < -0.39 is 11.6 Å². The van der Waals surface area contributed by atoms with Gasteiger partial charge >= 0.3 is 11.6 Å². The van der Waals surface area contributed by atoms with Crippen molar-refractivity contribution in [2.24, 2.45) is 0 Å². The molecule has 0 unspecified atom stereocenters. The highest BCUT2D eigenvalue weighted by Crippen LogP contribution is 2.29. The molecule has 0 saturated heterocycles. The molecule has 4 aromatic rings. The Labute approximate surface area is 175 Å². The molecule has 0 spiro atoms. The predicted molar refractivity (Wildman–Crippen MR) is 112 cm³/mol. The molecule has 0 radical (unpaired) electrons. The molecule has 0 aliphatic carbocycles. The normalized spacial score (nSPS) is 11.0. The number of benzene rings is 3. The van der Waals surface area contributed by atoms with Gasteiger partial charge in [-0.05, 0) is 35.0 Å². The Morgan fingerprint density at radius 3 is 2.66 bits per heavy atom. The molecule has 1 aromatic heterocycles. The van der Waals surface area contributed by atoms with Gasteiger partial charge < -0.3 is 13.9 Å². The van der Waals surface area contributed by atoms with Gasteiger partial charge in [0.15, 0.2) is 6.61 Å². The highest BCUT2D eigenvalue weighted by atomic mass is 35.5. The lowest BCUT2D eigenvalue weighted by Gasteiger charge is -2.11. The van der Waals surface area contributed by atoms with Crippen LogP contribution in [0.2, 0.25) is 10.0 Å². The van der Waals surface area contributed by atoms with Crippen molar-refractivity contribution >= 4 is 50.9 Å². The monoisotopic (exact) mass is 428 g/mol. The van der Waals surface area contributed by atoms with Gasteiger partial charge in [-0.3, -0.25) is 0 Å². The number of halogens is 2. The summed E-state index contributed by atoms with van der Waals surface area (Å²) in [5, 5.41) is 3.39. The van der Waals surface area contributed by atoms with Gasteiger partial charge in [-0.25, -0.2) is 9.59 Å². The Hall–Kier alpha value is -3.02. The largest absolute Gasteiger partial charge is 0.480 e. The summed E-state index contributed by atoms with van der Waals surface area (Å²) in [5.41, 5.74) is 0.486. The first-order chi connectivity index (χ1) is 14.0. The summed E-state index contributed by atoms with van der Waals surface area (Å²) in [7, 11) is 0. The van der Waals surface area contributed by atoms with Crippen LogP contribution >= 0.6 is 23.2 Å². The minimum atomic E-state index is -0.599. The molecule has 7 heteroatoms. The average Bonchev–Trinajstić information content (AvgIpc) is 2.71. The molecular weight excluding hydrogens is 415 g/mol. The molecule has 3 aromatic carbocycles. The fourth-order valence-corrected chi connectivity index (χ4v) is 3.53. The first-order valence-corrected chi connectivity index (χ1v) is 9.45. The van der Waals surface area contributed by atoms with Crippen LogP contribution < -0.4 is 10.4 Å². The molecule has 0 fully saturated rings. The molecule has 5 nitrogen and oxygen atoms in total. The number of esters is 1. The molecule has 1 heterocycles. The van der Waals surface area contributed by atoms with Crippen molar-refractivity contribution in [3.05, 3.63) is 86.7 Å². The molecular formula is C22H14Cl2O5. The van der Waals surface area contributed by atoms with E-state index in [4.69, 9.17) is 37.1 Å². The van der Waals surface area contributed by atoms with E-state index in [-0.39, 0.29) is 13.2 Å². The lowest BCUT2D eigenvalue weighted by molar-refractivity contribution is -0.147. The summed E-state index contributed by atoms with van der Waals surface area (Å²) in [6, 6.07) is 17.3. The smallest absolute Gasteiger partial charge is 0.344 e. The van der Waals surface area contributed by atoms with E-state index in [2.05, 4.69) is 0 Å². The molecule has 146 valence electrons. The number of ether oxygens (including phenoxy) is 2. The molecule has 0 aliphatic rings. The van der Waals surface area contributed by atoms with Crippen molar-refractivity contribution in [2.75, 3.05) is 6.61 Å². The van der Waals surface area contributed by atoms with E-state index in [1.54, 1.807) is 18.2 Å². The maximum absolute atomic E-state index is 12.1. The van der Waals surface area contributed by atoms with Gasteiger partial charge in [-0.2, -0.15) is 0 Å². The Balaban J connectivity index is 1.54. The molecule has 29 heavy (non-hydrogen) atoms. The topological polar surface area (TPSA) is 65.7 Å². The number of carbonyl (C=O) groups excluding carboxylic acids is 1. The Morgan fingerprint density at radius 2 is 1.83 bits per heavy atom. The summed E-state index contributed by atoms with van der Waals surface area (Å²) in [6.45, 7) is -0.422. The Bertz CT molecular complexity index is 1280. The van der Waals surface area contributed by atoms with Crippen LogP contribution in [0, 0.1) is 0 Å². The number of rotatable bonds is 5. The average molecular weight is 429 g/mol. The number of hydrogen-bond donors (Lipinski definition) is 0. The van der Waals surface area contributed by atoms with Crippen molar-refractivity contribution < 1.29 is 18.7 Å². The first kappa shape index (κ1) is 19.3. The molecule has 0 bridgehead atoms. The molecule has 0 aliphatic heterocycles. The minimum Gasteiger partial charge on any atom is -0.480 e. The van der Waals surface area contributed by atoms with Gasteiger partial charge in [0, 0.05) is 22.0 Å². The predicted octanol–water partition coefficient (Wildman–Crippen LogP) is 5.38. The van der Waals surface area contributed by atoms with E-state index in [9.17, 15) is 9.59 Å². The van der Waals surface area contributed by atoms with Crippen LogP contribution in [0.5, 0.6) is 5.75 Å². The van der Waals surface area contributed by atoms with E-state index >= 15 is 0 Å². The van der Waals surface area contributed by atoms with Crippen LogP contribution in [0.4, 0.5) is 0 Å². The quantitative estimate of drug-likeness (QED) is 0.242. The molecule has 4 rings (SSSR count). The summed E-state index contributed by atoms with van der Waals surface area (Å²) in [6.07, 6.45) is 0. The lowest BCUT2D eigenvalue weighted by atomic mass is 10.0. The third kappa shape index (κ3) is 4.21. The zero-order valence-corrected chi connectivity index (χ0v) is 16.5. The summed E-state index contributed by atoms with van der Waals surface area (Å²) < 4.78 is 16.0. The van der Waals surface area contributed by atoms with Crippen molar-refractivity contribution in [1.82, 2.24) is 0 Å². The highest BCUT2D eigenvalue weighted by molar-refractivity contribution is 6.35. The van der Waals surface area contributed by atoms with Gasteiger partial charge in [-0.1, -0.05) is 53.5 Å². The van der Waals surface area contributed by atoms with Gasteiger partial charge in [-0.15, -0.1) is 0 Å². The van der Waals surface area contributed by atoms with Crippen LogP contribution in [0.3, 0.4) is 0 Å². The highest BCUT2D eigenvalue weighted by Gasteiger charge is 2.13. The van der Waals surface area contributed by atoms with Gasteiger partial charge in [0.05, 0.1) is 5.02 Å². The minimum absolute atomic E-state index is 0.0906. The van der Waals surface area contributed by atoms with Gasteiger partial charge in [0.25, 0.3) is 0 Å². The molecule has 0 amide bonds. The van der Waals surface area contributed by atoms with Gasteiger partial charge in [0.1, 0.15) is 17.9 Å². The third-order valence-electron chi connectivity index (χ3n) is 4.34. The van der Waals surface area contributed by atoms with Crippen molar-refractivity contribution in [2.45, 2.75) is 6.61 Å². The fraction of sp³-hybridized carbons (Fsp3) is 0.0909. The third-order valence-corrected chi connectivity index (χ3v) is 4.87. The number of hydrogen-bond acceptors (Lipinski definition) is 5. The maximum Gasteiger partial charge on any atom is 0.344 e. The summed E-state index contributed by atoms with van der Waals surface area (Å²) in [4.78, 5) is 24.0. The Kier molecular flexibility index (Phi) is 5.43. The maximum atomic E-state index is 12.1. The number of carbonyl (C=O) groups is 1. The molecule has 0 saturated carbocycles. The van der Waals surface area contributed by atoms with Crippen LogP contribution in [0.15, 0.2) is 69.9 Å².